The van der Waals surface area contributed by atoms with Crippen LogP contribution >= 0.6 is 0 Å². The highest BCUT2D eigenvalue weighted by Crippen LogP contribution is 2.18. The topological polar surface area (TPSA) is 26.3 Å². The van der Waals surface area contributed by atoms with Crippen LogP contribution in [0.1, 0.15) is 36.1 Å². The van der Waals surface area contributed by atoms with Gasteiger partial charge in [-0.15, -0.1) is 0 Å². The van der Waals surface area contributed by atoms with E-state index >= 15 is 0 Å². The van der Waals surface area contributed by atoms with Gasteiger partial charge >= 0.3 is 5.97 Å². The van der Waals surface area contributed by atoms with E-state index in [0.29, 0.717) is 6.42 Å². The zero-order valence-electron chi connectivity index (χ0n) is 12.0. The largest absolute Gasteiger partial charge is 0.458 e. The van der Waals surface area contributed by atoms with Crippen LogP contribution in [0.25, 0.3) is 0 Å². The molecule has 2 aromatic rings. The van der Waals surface area contributed by atoms with E-state index in [1.807, 2.05) is 68.4 Å². The molecule has 0 fully saturated rings. The third-order valence-electron chi connectivity index (χ3n) is 3.32. The number of benzene rings is 2. The van der Waals surface area contributed by atoms with Crippen LogP contribution in [0.3, 0.4) is 0 Å². The lowest BCUT2D eigenvalue weighted by Gasteiger charge is -2.14. The molecular formula is C18H20O2. The van der Waals surface area contributed by atoms with E-state index < -0.39 is 0 Å². The molecule has 0 bridgehead atoms. The molecule has 0 unspecified atom stereocenters. The first-order valence-electron chi connectivity index (χ1n) is 6.95. The molecule has 1 atom stereocenters. The van der Waals surface area contributed by atoms with Gasteiger partial charge in [0.25, 0.3) is 0 Å². The second-order valence-corrected chi connectivity index (χ2v) is 5.03. The third-order valence-corrected chi connectivity index (χ3v) is 3.32. The number of aryl methyl sites for hydroxylation is 2. The fourth-order valence-electron chi connectivity index (χ4n) is 2.05. The first-order chi connectivity index (χ1) is 9.65. The van der Waals surface area contributed by atoms with Crippen molar-refractivity contribution in [1.82, 2.24) is 0 Å². The van der Waals surface area contributed by atoms with Crippen molar-refractivity contribution in [3.8, 4) is 0 Å². The van der Waals surface area contributed by atoms with Crippen molar-refractivity contribution in [3.05, 3.63) is 71.3 Å². The van der Waals surface area contributed by atoms with Crippen LogP contribution in [-0.2, 0) is 16.0 Å². The fraction of sp³-hybridized carbons (Fsp3) is 0.278. The standard InChI is InChI=1S/C18H20O2/c1-14-8-11-17(12-9-14)15(2)20-18(19)13-10-16-6-4-3-5-7-16/h3-9,11-12,15H,10,13H2,1-2H3/t15-/m1/s1. The van der Waals surface area contributed by atoms with Gasteiger partial charge in [0.2, 0.25) is 0 Å². The first kappa shape index (κ1) is 14.3. The molecule has 2 aromatic carbocycles. The molecule has 0 aliphatic rings. The Morgan fingerprint density at radius 1 is 1.05 bits per heavy atom. The summed E-state index contributed by atoms with van der Waals surface area (Å²) >= 11 is 0. The van der Waals surface area contributed by atoms with Crippen LogP contribution in [0.4, 0.5) is 0 Å². The molecule has 0 spiro atoms. The predicted molar refractivity (Wildman–Crippen MR) is 80.4 cm³/mol. The van der Waals surface area contributed by atoms with E-state index in [1.165, 1.54) is 5.56 Å². The molecule has 0 heterocycles. The number of carbonyl (C=O) groups excluding carboxylic acids is 1. The minimum absolute atomic E-state index is 0.151. The van der Waals surface area contributed by atoms with Gasteiger partial charge in [0, 0.05) is 6.42 Å². The van der Waals surface area contributed by atoms with E-state index in [2.05, 4.69) is 0 Å². The van der Waals surface area contributed by atoms with Gasteiger partial charge in [-0.25, -0.2) is 0 Å². The minimum atomic E-state index is -0.195. The molecule has 0 amide bonds. The predicted octanol–water partition coefficient (Wildman–Crippen LogP) is 4.23. The Kier molecular flexibility index (Phi) is 4.94. The molecule has 0 aliphatic carbocycles. The van der Waals surface area contributed by atoms with E-state index in [0.717, 1.165) is 17.5 Å². The van der Waals surface area contributed by atoms with Crippen LogP contribution in [0, 0.1) is 6.92 Å². The summed E-state index contributed by atoms with van der Waals surface area (Å²) in [6.07, 6.45) is 0.944. The van der Waals surface area contributed by atoms with Crippen molar-refractivity contribution in [3.63, 3.8) is 0 Å². The molecule has 0 saturated heterocycles. The van der Waals surface area contributed by atoms with E-state index in [-0.39, 0.29) is 12.1 Å². The van der Waals surface area contributed by atoms with Gasteiger partial charge in [-0.2, -0.15) is 0 Å². The maximum atomic E-state index is 11.8. The Morgan fingerprint density at radius 2 is 1.70 bits per heavy atom. The fourth-order valence-corrected chi connectivity index (χ4v) is 2.05. The van der Waals surface area contributed by atoms with Gasteiger partial charge < -0.3 is 4.74 Å². The van der Waals surface area contributed by atoms with Gasteiger partial charge in [0.1, 0.15) is 6.10 Å². The number of ether oxygens (including phenoxy) is 1. The lowest BCUT2D eigenvalue weighted by Crippen LogP contribution is -2.09. The van der Waals surface area contributed by atoms with Crippen molar-refractivity contribution in [2.45, 2.75) is 32.8 Å². The second kappa shape index (κ2) is 6.90. The minimum Gasteiger partial charge on any atom is -0.458 e. The van der Waals surface area contributed by atoms with E-state index in [9.17, 15) is 4.79 Å². The lowest BCUT2D eigenvalue weighted by atomic mass is 10.1. The average Bonchev–Trinajstić information content (AvgIpc) is 2.47. The molecule has 0 aliphatic heterocycles. The van der Waals surface area contributed by atoms with Gasteiger partial charge in [0.15, 0.2) is 0 Å². The normalized spacial score (nSPS) is 11.9. The zero-order chi connectivity index (χ0) is 14.4. The molecule has 2 heteroatoms. The second-order valence-electron chi connectivity index (χ2n) is 5.03. The summed E-state index contributed by atoms with van der Waals surface area (Å²) in [5, 5.41) is 0. The van der Waals surface area contributed by atoms with Crippen LogP contribution in [0.15, 0.2) is 54.6 Å². The molecule has 20 heavy (non-hydrogen) atoms. The summed E-state index contributed by atoms with van der Waals surface area (Å²) < 4.78 is 5.46. The van der Waals surface area contributed by atoms with Gasteiger partial charge in [0.05, 0.1) is 0 Å². The molecule has 0 aromatic heterocycles. The monoisotopic (exact) mass is 268 g/mol. The molecule has 0 N–H and O–H groups in total. The number of rotatable bonds is 5. The Hall–Kier alpha value is -2.09. The summed E-state index contributed by atoms with van der Waals surface area (Å²) in [7, 11) is 0. The smallest absolute Gasteiger partial charge is 0.306 e. The Labute approximate surface area is 120 Å². The van der Waals surface area contributed by atoms with Gasteiger partial charge in [-0.1, -0.05) is 60.2 Å². The van der Waals surface area contributed by atoms with Crippen molar-refractivity contribution in [2.24, 2.45) is 0 Å². The quantitative estimate of drug-likeness (QED) is 0.758. The maximum Gasteiger partial charge on any atom is 0.306 e. The summed E-state index contributed by atoms with van der Waals surface area (Å²) in [6.45, 7) is 3.95. The summed E-state index contributed by atoms with van der Waals surface area (Å²) in [4.78, 5) is 11.8. The third kappa shape index (κ3) is 4.23. The highest BCUT2D eigenvalue weighted by molar-refractivity contribution is 5.70. The SMILES string of the molecule is Cc1ccc([C@@H](C)OC(=O)CCc2ccccc2)cc1. The van der Waals surface area contributed by atoms with E-state index in [4.69, 9.17) is 4.74 Å². The first-order valence-corrected chi connectivity index (χ1v) is 6.95. The van der Waals surface area contributed by atoms with Crippen molar-refractivity contribution in [2.75, 3.05) is 0 Å². The number of esters is 1. The summed E-state index contributed by atoms with van der Waals surface area (Å²) in [5.74, 6) is -0.151. The van der Waals surface area contributed by atoms with Crippen molar-refractivity contribution < 1.29 is 9.53 Å². The lowest BCUT2D eigenvalue weighted by molar-refractivity contribution is -0.148. The Morgan fingerprint density at radius 3 is 2.35 bits per heavy atom. The highest BCUT2D eigenvalue weighted by Gasteiger charge is 2.11. The maximum absolute atomic E-state index is 11.8. The Bertz CT molecular complexity index is 543. The zero-order valence-corrected chi connectivity index (χ0v) is 12.0. The van der Waals surface area contributed by atoms with E-state index in [1.54, 1.807) is 0 Å². The van der Waals surface area contributed by atoms with Gasteiger partial charge in [-0.05, 0) is 31.4 Å². The average molecular weight is 268 g/mol. The molecule has 104 valence electrons. The number of hydrogen-bond acceptors (Lipinski definition) is 2. The molecule has 0 radical (unpaired) electrons. The van der Waals surface area contributed by atoms with Crippen LogP contribution < -0.4 is 0 Å². The molecule has 0 saturated carbocycles. The highest BCUT2D eigenvalue weighted by atomic mass is 16.5. The summed E-state index contributed by atoms with van der Waals surface area (Å²) in [5.41, 5.74) is 3.40. The van der Waals surface area contributed by atoms with Crippen LogP contribution in [0.5, 0.6) is 0 Å². The van der Waals surface area contributed by atoms with Crippen molar-refractivity contribution >= 4 is 5.97 Å². The number of carbonyl (C=O) groups is 1. The molecule has 2 rings (SSSR count). The van der Waals surface area contributed by atoms with Crippen LogP contribution in [-0.4, -0.2) is 5.97 Å². The van der Waals surface area contributed by atoms with Crippen molar-refractivity contribution in [1.29, 1.82) is 0 Å². The Balaban J connectivity index is 1.83. The molecular weight excluding hydrogens is 248 g/mol. The van der Waals surface area contributed by atoms with Gasteiger partial charge in [-0.3, -0.25) is 4.79 Å². The van der Waals surface area contributed by atoms with Crippen LogP contribution in [0.2, 0.25) is 0 Å². The molecule has 2 nitrogen and oxygen atoms in total. The summed E-state index contributed by atoms with van der Waals surface area (Å²) in [6, 6.07) is 18.1. The number of hydrogen-bond donors (Lipinski definition) is 0.